The van der Waals surface area contributed by atoms with Gasteiger partial charge in [-0.05, 0) is 120 Å². The van der Waals surface area contributed by atoms with Gasteiger partial charge in [-0.1, -0.05) is 37.3 Å². The molecule has 4 atom stereocenters. The highest BCUT2D eigenvalue weighted by atomic mass is 16.5. The van der Waals surface area contributed by atoms with E-state index in [9.17, 15) is 19.5 Å². The van der Waals surface area contributed by atoms with Gasteiger partial charge >= 0.3 is 0 Å². The number of allylic oxidation sites excluding steroid dienone is 2. The average molecular weight is 739 g/mol. The molecule has 0 aromatic heterocycles. The molecule has 0 spiro atoms. The average Bonchev–Trinajstić information content (AvgIpc) is 3.51. The number of likely N-dealkylation sites (tertiary alicyclic amines) is 1. The maximum absolute atomic E-state index is 13.2. The Balaban J connectivity index is 0.773. The monoisotopic (exact) mass is 739 g/mol. The van der Waals surface area contributed by atoms with Crippen LogP contribution in [0.15, 0.2) is 11.1 Å². The molecule has 3 saturated heterocycles. The van der Waals surface area contributed by atoms with E-state index in [1.807, 2.05) is 11.1 Å². The summed E-state index contributed by atoms with van der Waals surface area (Å²) in [6.45, 7) is 10.3. The van der Waals surface area contributed by atoms with Crippen LogP contribution in [0, 0.1) is 29.6 Å². The first-order chi connectivity index (χ1) is 25.9. The molecular formula is C43H70N4O6. The van der Waals surface area contributed by atoms with Gasteiger partial charge in [-0.15, -0.1) is 0 Å². The smallest absolute Gasteiger partial charge is 0.249 e. The van der Waals surface area contributed by atoms with Crippen molar-refractivity contribution < 1.29 is 29.0 Å². The molecule has 0 aromatic rings. The lowest BCUT2D eigenvalue weighted by Gasteiger charge is -2.42. The third kappa shape index (κ3) is 9.76. The Bertz CT molecular complexity index is 1260. The van der Waals surface area contributed by atoms with Crippen LogP contribution < -0.4 is 5.32 Å². The molecule has 3 aliphatic heterocycles. The molecule has 53 heavy (non-hydrogen) atoms. The number of rotatable bonds is 13. The number of carbonyl (C=O) groups excluding carboxylic acids is 3. The van der Waals surface area contributed by atoms with Crippen LogP contribution in [0.4, 0.5) is 0 Å². The van der Waals surface area contributed by atoms with Crippen molar-refractivity contribution in [3.8, 4) is 0 Å². The molecule has 0 radical (unpaired) electrons. The third-order valence-electron chi connectivity index (χ3n) is 14.7. The standard InChI is InChI=1S/C43H70N4O6/c1-2-37(30-6-4-3-5-7-30)41(31-8-13-35(48)14-9-31)32-10-15-36(16-11-32)53-27-26-52-25-24-45-20-22-46(23-21-45)34-12-17-38-33(28-34)29-47(43(38)51)39-18-19-40(49)44-42(39)50/h30-36,38-39,48H,2-29H2,1H3,(H,44,49,50)/b41-37-. The molecule has 10 heteroatoms. The number of carbonyl (C=O) groups is 3. The van der Waals surface area contributed by atoms with Gasteiger partial charge in [0.15, 0.2) is 0 Å². The molecule has 4 aliphatic carbocycles. The lowest BCUT2D eigenvalue weighted by molar-refractivity contribution is -0.144. The van der Waals surface area contributed by atoms with Gasteiger partial charge in [-0.3, -0.25) is 29.5 Å². The predicted molar refractivity (Wildman–Crippen MR) is 205 cm³/mol. The topological polar surface area (TPSA) is 112 Å². The van der Waals surface area contributed by atoms with E-state index in [0.717, 1.165) is 90.2 Å². The highest BCUT2D eigenvalue weighted by Gasteiger charge is 2.49. The van der Waals surface area contributed by atoms with Gasteiger partial charge in [0.05, 0.1) is 32.0 Å². The van der Waals surface area contributed by atoms with Crippen molar-refractivity contribution in [2.45, 2.75) is 153 Å². The Labute approximate surface area is 319 Å². The Morgan fingerprint density at radius 3 is 2.19 bits per heavy atom. The summed E-state index contributed by atoms with van der Waals surface area (Å²) in [6, 6.07) is 0.0248. The number of hydrogen-bond donors (Lipinski definition) is 2. The van der Waals surface area contributed by atoms with E-state index in [1.54, 1.807) is 4.90 Å². The van der Waals surface area contributed by atoms with Crippen LogP contribution in [0.1, 0.15) is 129 Å². The zero-order chi connectivity index (χ0) is 36.7. The van der Waals surface area contributed by atoms with E-state index in [0.29, 0.717) is 62.5 Å². The van der Waals surface area contributed by atoms with Gasteiger partial charge in [0.1, 0.15) is 6.04 Å². The minimum absolute atomic E-state index is 0.0342. The van der Waals surface area contributed by atoms with E-state index in [4.69, 9.17) is 9.47 Å². The Kier molecular flexibility index (Phi) is 14.0. The fourth-order valence-corrected chi connectivity index (χ4v) is 11.8. The van der Waals surface area contributed by atoms with Crippen molar-refractivity contribution in [1.29, 1.82) is 0 Å². The lowest BCUT2D eigenvalue weighted by Crippen LogP contribution is -2.53. The van der Waals surface area contributed by atoms with Crippen LogP contribution >= 0.6 is 0 Å². The summed E-state index contributed by atoms with van der Waals surface area (Å²) >= 11 is 0. The maximum Gasteiger partial charge on any atom is 0.249 e. The van der Waals surface area contributed by atoms with E-state index in [2.05, 4.69) is 22.0 Å². The maximum atomic E-state index is 13.2. The zero-order valence-electron chi connectivity index (χ0n) is 32.8. The number of piperidine rings is 1. The molecule has 7 fully saturated rings. The second-order valence-corrected chi connectivity index (χ2v) is 17.8. The first-order valence-electron chi connectivity index (χ1n) is 22.1. The Morgan fingerprint density at radius 2 is 1.49 bits per heavy atom. The minimum Gasteiger partial charge on any atom is -0.393 e. The largest absolute Gasteiger partial charge is 0.393 e. The van der Waals surface area contributed by atoms with Crippen LogP contribution in [0.25, 0.3) is 0 Å². The summed E-state index contributed by atoms with van der Waals surface area (Å²) in [4.78, 5) is 44.2. The summed E-state index contributed by atoms with van der Waals surface area (Å²) in [5, 5.41) is 12.7. The van der Waals surface area contributed by atoms with Gasteiger partial charge in [0.25, 0.3) is 0 Å². The van der Waals surface area contributed by atoms with Gasteiger partial charge in [0.2, 0.25) is 17.7 Å². The molecule has 298 valence electrons. The number of nitrogens with zero attached hydrogens (tertiary/aromatic N) is 3. The first-order valence-corrected chi connectivity index (χ1v) is 22.1. The van der Waals surface area contributed by atoms with Crippen molar-refractivity contribution in [1.82, 2.24) is 20.0 Å². The SMILES string of the molecule is CC/C(=C(\C1CCC(O)CC1)C1CCC(OCCOCCN2CCN(C3CCC4C(=O)N(C5CCC(=O)NC5=O)CC4C3)CC2)CC1)C1CCCCC1. The van der Waals surface area contributed by atoms with Crippen LogP contribution in [0.2, 0.25) is 0 Å². The van der Waals surface area contributed by atoms with Gasteiger partial charge in [-0.2, -0.15) is 0 Å². The highest BCUT2D eigenvalue weighted by molar-refractivity contribution is 6.02. The number of piperazine rings is 1. The molecule has 7 aliphatic rings. The van der Waals surface area contributed by atoms with E-state index in [-0.39, 0.29) is 29.7 Å². The Morgan fingerprint density at radius 1 is 0.774 bits per heavy atom. The molecule has 3 amide bonds. The number of amides is 3. The third-order valence-corrected chi connectivity index (χ3v) is 14.7. The summed E-state index contributed by atoms with van der Waals surface area (Å²) in [7, 11) is 0. The lowest BCUT2D eigenvalue weighted by atomic mass is 9.68. The van der Waals surface area contributed by atoms with Gasteiger partial charge in [-0.25, -0.2) is 0 Å². The molecule has 4 saturated carbocycles. The summed E-state index contributed by atoms with van der Waals surface area (Å²) < 4.78 is 12.5. The van der Waals surface area contributed by atoms with Gasteiger partial charge in [0, 0.05) is 57.6 Å². The normalized spacial score (nSPS) is 36.0. The fourth-order valence-electron chi connectivity index (χ4n) is 11.8. The number of aliphatic hydroxyl groups excluding tert-OH is 1. The predicted octanol–water partition coefficient (Wildman–Crippen LogP) is 5.47. The van der Waals surface area contributed by atoms with Crippen molar-refractivity contribution in [2.24, 2.45) is 29.6 Å². The molecule has 0 aromatic carbocycles. The number of ether oxygens (including phenoxy) is 2. The number of hydrogen-bond acceptors (Lipinski definition) is 8. The Hall–Kier alpha value is -1.85. The van der Waals surface area contributed by atoms with Crippen molar-refractivity contribution in [3.63, 3.8) is 0 Å². The van der Waals surface area contributed by atoms with Crippen molar-refractivity contribution in [2.75, 3.05) is 59.1 Å². The van der Waals surface area contributed by atoms with Crippen LogP contribution in [-0.2, 0) is 23.9 Å². The first kappa shape index (κ1) is 39.4. The number of nitrogens with one attached hydrogen (secondary N) is 1. The van der Waals surface area contributed by atoms with Crippen LogP contribution in [-0.4, -0.2) is 121 Å². The van der Waals surface area contributed by atoms with E-state index >= 15 is 0 Å². The van der Waals surface area contributed by atoms with Gasteiger partial charge < -0.3 is 19.5 Å². The van der Waals surface area contributed by atoms with Crippen LogP contribution in [0.3, 0.4) is 0 Å². The second kappa shape index (κ2) is 18.9. The molecule has 2 N–H and O–H groups in total. The minimum atomic E-state index is -0.481. The number of aliphatic hydroxyl groups is 1. The van der Waals surface area contributed by atoms with E-state index in [1.165, 1.54) is 64.2 Å². The summed E-state index contributed by atoms with van der Waals surface area (Å²) in [5.74, 6) is 2.14. The molecular weight excluding hydrogens is 668 g/mol. The zero-order valence-corrected chi connectivity index (χ0v) is 32.8. The summed E-state index contributed by atoms with van der Waals surface area (Å²) in [5.41, 5.74) is 3.66. The number of fused-ring (bicyclic) bond motifs is 1. The molecule has 7 rings (SSSR count). The second-order valence-electron chi connectivity index (χ2n) is 17.8. The van der Waals surface area contributed by atoms with Crippen molar-refractivity contribution >= 4 is 17.7 Å². The van der Waals surface area contributed by atoms with Crippen molar-refractivity contribution in [3.05, 3.63) is 11.1 Å². The fraction of sp³-hybridized carbons (Fsp3) is 0.884. The van der Waals surface area contributed by atoms with Crippen LogP contribution in [0.5, 0.6) is 0 Å². The summed E-state index contributed by atoms with van der Waals surface area (Å²) in [6.07, 6.45) is 21.3. The highest BCUT2D eigenvalue weighted by Crippen LogP contribution is 2.46. The number of imide groups is 1. The molecule has 10 nitrogen and oxygen atoms in total. The quantitative estimate of drug-likeness (QED) is 0.146. The molecule has 4 unspecified atom stereocenters. The molecule has 3 heterocycles. The molecule has 0 bridgehead atoms. The van der Waals surface area contributed by atoms with E-state index < -0.39 is 6.04 Å².